The molecule has 210 valence electrons. The Bertz CT molecular complexity index is 1380. The number of rotatable bonds is 9. The van der Waals surface area contributed by atoms with E-state index in [0.717, 1.165) is 65.6 Å². The Hall–Kier alpha value is -3.95. The van der Waals surface area contributed by atoms with Crippen LogP contribution < -0.4 is 15.8 Å². The van der Waals surface area contributed by atoms with Gasteiger partial charge in [0, 0.05) is 50.5 Å². The quantitative estimate of drug-likeness (QED) is 0.302. The molecule has 3 N–H and O–H groups in total. The molecule has 0 bridgehead atoms. The molecule has 4 aromatic rings. The van der Waals surface area contributed by atoms with Gasteiger partial charge in [0.2, 0.25) is 0 Å². The largest absolute Gasteiger partial charge is 0.489 e. The maximum Gasteiger partial charge on any atom is 0.293 e. The maximum absolute atomic E-state index is 9.18. The van der Waals surface area contributed by atoms with Gasteiger partial charge in [0.15, 0.2) is 0 Å². The first-order chi connectivity index (χ1) is 19.7. The normalized spacial score (nSPS) is 18.8. The molecule has 2 aromatic carbocycles. The Morgan fingerprint density at radius 3 is 2.60 bits per heavy atom. The van der Waals surface area contributed by atoms with Crippen molar-refractivity contribution in [3.05, 3.63) is 72.7 Å². The van der Waals surface area contributed by atoms with Crippen molar-refractivity contribution in [2.45, 2.75) is 32.4 Å². The number of benzene rings is 2. The van der Waals surface area contributed by atoms with Crippen LogP contribution >= 0.6 is 0 Å². The number of hydrogen-bond donors (Lipinski definition) is 2. The number of hydrogen-bond acceptors (Lipinski definition) is 8. The average Bonchev–Trinajstić information content (AvgIpc) is 3.36. The third-order valence-electron chi connectivity index (χ3n) is 7.60. The molecule has 3 heterocycles. The first kappa shape index (κ1) is 27.6. The summed E-state index contributed by atoms with van der Waals surface area (Å²) in [7, 11) is 0. The second-order valence-corrected chi connectivity index (χ2v) is 10.3. The summed E-state index contributed by atoms with van der Waals surface area (Å²) >= 11 is 0. The van der Waals surface area contributed by atoms with Crippen molar-refractivity contribution >= 4 is 23.3 Å². The van der Waals surface area contributed by atoms with Gasteiger partial charge < -0.3 is 30.0 Å². The van der Waals surface area contributed by atoms with Crippen molar-refractivity contribution in [1.29, 1.82) is 0 Å². The summed E-state index contributed by atoms with van der Waals surface area (Å²) in [5.41, 5.74) is 10.6. The van der Waals surface area contributed by atoms with Crippen LogP contribution in [0.25, 0.3) is 22.2 Å². The van der Waals surface area contributed by atoms with Gasteiger partial charge in [0.1, 0.15) is 30.1 Å². The number of nitrogen functional groups attached to an aromatic ring is 1. The Kier molecular flexibility index (Phi) is 9.26. The highest BCUT2D eigenvalue weighted by Gasteiger charge is 2.33. The number of carbonyl (C=O) groups excluding carboxylic acids is 1. The van der Waals surface area contributed by atoms with Crippen molar-refractivity contribution in [3.8, 4) is 16.9 Å². The van der Waals surface area contributed by atoms with Gasteiger partial charge in [-0.1, -0.05) is 42.5 Å². The molecular weight excluding hydrogens is 504 g/mol. The average molecular weight is 543 g/mol. The monoisotopic (exact) mass is 542 g/mol. The smallest absolute Gasteiger partial charge is 0.293 e. The number of anilines is 1. The van der Waals surface area contributed by atoms with Gasteiger partial charge in [-0.05, 0) is 48.9 Å². The third kappa shape index (κ3) is 6.60. The van der Waals surface area contributed by atoms with Gasteiger partial charge in [-0.3, -0.25) is 4.79 Å². The zero-order valence-electron chi connectivity index (χ0n) is 23.0. The molecule has 0 spiro atoms. The summed E-state index contributed by atoms with van der Waals surface area (Å²) in [5, 5.41) is 4.37. The number of nitrogens with one attached hydrogen (secondary N) is 1. The van der Waals surface area contributed by atoms with E-state index in [1.807, 2.05) is 30.3 Å². The van der Waals surface area contributed by atoms with Gasteiger partial charge in [-0.25, -0.2) is 9.97 Å². The fourth-order valence-electron chi connectivity index (χ4n) is 5.50. The summed E-state index contributed by atoms with van der Waals surface area (Å²) in [6, 6.07) is 18.9. The van der Waals surface area contributed by atoms with Gasteiger partial charge in [0.25, 0.3) is 6.47 Å². The van der Waals surface area contributed by atoms with Crippen LogP contribution in [0.15, 0.2) is 67.1 Å². The fraction of sp³-hybridized carbons (Fsp3) is 0.387. The van der Waals surface area contributed by atoms with Crippen molar-refractivity contribution < 1.29 is 14.3 Å². The number of ether oxygens (including phenoxy) is 2. The topological polar surface area (TPSA) is 108 Å². The SMILES string of the molecule is CCOC=O.Nc1ncnc2c1c(-c1cccc(OCc3ccccc3)c1)cn2C1CC(CN2CCNCC2)C1. The van der Waals surface area contributed by atoms with Crippen LogP contribution in [0, 0.1) is 5.92 Å². The molecule has 1 saturated carbocycles. The van der Waals surface area contributed by atoms with Crippen LogP contribution in [0.4, 0.5) is 5.82 Å². The van der Waals surface area contributed by atoms with Crippen LogP contribution in [0.1, 0.15) is 31.4 Å². The van der Waals surface area contributed by atoms with Gasteiger partial charge >= 0.3 is 0 Å². The molecule has 2 aromatic heterocycles. The van der Waals surface area contributed by atoms with E-state index in [2.05, 4.69) is 60.0 Å². The highest BCUT2D eigenvalue weighted by Crippen LogP contribution is 2.43. The zero-order chi connectivity index (χ0) is 27.7. The molecule has 0 amide bonds. The lowest BCUT2D eigenvalue weighted by Crippen LogP contribution is -2.47. The minimum Gasteiger partial charge on any atom is -0.489 e. The van der Waals surface area contributed by atoms with E-state index in [1.165, 1.54) is 19.4 Å². The summed E-state index contributed by atoms with van der Waals surface area (Å²) < 4.78 is 12.6. The van der Waals surface area contributed by atoms with E-state index in [1.54, 1.807) is 13.3 Å². The Labute approximate surface area is 235 Å². The summed E-state index contributed by atoms with van der Waals surface area (Å²) in [6.45, 7) is 8.92. The number of nitrogens with zero attached hydrogens (tertiary/aromatic N) is 4. The molecular formula is C31H38N6O3. The molecule has 6 rings (SSSR count). The Balaban J connectivity index is 0.000000595. The Morgan fingerprint density at radius 2 is 1.88 bits per heavy atom. The van der Waals surface area contributed by atoms with Crippen LogP contribution in [-0.4, -0.2) is 65.2 Å². The van der Waals surface area contributed by atoms with E-state index < -0.39 is 0 Å². The molecule has 9 heteroatoms. The molecule has 1 saturated heterocycles. The number of fused-ring (bicyclic) bond motifs is 1. The van der Waals surface area contributed by atoms with Gasteiger partial charge in [-0.15, -0.1) is 0 Å². The molecule has 2 aliphatic rings. The molecule has 9 nitrogen and oxygen atoms in total. The van der Waals surface area contributed by atoms with Crippen LogP contribution in [-0.2, 0) is 16.1 Å². The lowest BCUT2D eigenvalue weighted by atomic mass is 9.79. The maximum atomic E-state index is 9.18. The van der Waals surface area contributed by atoms with E-state index in [-0.39, 0.29) is 0 Å². The fourth-order valence-corrected chi connectivity index (χ4v) is 5.50. The molecule has 1 aliphatic heterocycles. The van der Waals surface area contributed by atoms with Crippen molar-refractivity contribution in [1.82, 2.24) is 24.8 Å². The van der Waals surface area contributed by atoms with E-state index in [0.29, 0.717) is 31.5 Å². The van der Waals surface area contributed by atoms with Crippen molar-refractivity contribution in [3.63, 3.8) is 0 Å². The van der Waals surface area contributed by atoms with E-state index >= 15 is 0 Å². The summed E-state index contributed by atoms with van der Waals surface area (Å²) in [6.07, 6.45) is 6.15. The second kappa shape index (κ2) is 13.4. The molecule has 0 radical (unpaired) electrons. The zero-order valence-corrected chi connectivity index (χ0v) is 23.0. The number of aromatic nitrogens is 3. The summed E-state index contributed by atoms with van der Waals surface area (Å²) in [4.78, 5) is 20.7. The highest BCUT2D eigenvalue weighted by atomic mass is 16.5. The molecule has 1 aliphatic carbocycles. The predicted molar refractivity (Wildman–Crippen MR) is 157 cm³/mol. The standard InChI is InChI=1S/C28H32N6O.C3H6O2/c29-27-26-25(22-7-4-8-24(15-22)35-18-20-5-2-1-3-6-20)17-34(28(26)32-19-31-27)23-13-21(14-23)16-33-11-9-30-10-12-33;1-2-5-3-4/h1-8,15,17,19,21,23,30H,9-14,16,18H2,(H2,29,31,32);3H,2H2,1H3. The van der Waals surface area contributed by atoms with Crippen molar-refractivity contribution in [2.24, 2.45) is 5.92 Å². The van der Waals surface area contributed by atoms with Crippen LogP contribution in [0.2, 0.25) is 0 Å². The van der Waals surface area contributed by atoms with Crippen LogP contribution in [0.5, 0.6) is 5.75 Å². The third-order valence-corrected chi connectivity index (χ3v) is 7.60. The number of nitrogens with two attached hydrogens (primary N) is 1. The molecule has 0 atom stereocenters. The summed E-state index contributed by atoms with van der Waals surface area (Å²) in [5.74, 6) is 2.10. The molecule has 0 unspecified atom stereocenters. The Morgan fingerprint density at radius 1 is 1.07 bits per heavy atom. The lowest BCUT2D eigenvalue weighted by molar-refractivity contribution is -0.128. The number of piperazine rings is 1. The highest BCUT2D eigenvalue weighted by molar-refractivity contribution is 6.00. The molecule has 2 fully saturated rings. The second-order valence-electron chi connectivity index (χ2n) is 10.3. The van der Waals surface area contributed by atoms with E-state index in [4.69, 9.17) is 10.5 Å². The first-order valence-electron chi connectivity index (χ1n) is 14.0. The van der Waals surface area contributed by atoms with Crippen LogP contribution in [0.3, 0.4) is 0 Å². The minimum atomic E-state index is 0.431. The minimum absolute atomic E-state index is 0.431. The predicted octanol–water partition coefficient (Wildman–Crippen LogP) is 4.30. The lowest BCUT2D eigenvalue weighted by Gasteiger charge is -2.40. The van der Waals surface area contributed by atoms with E-state index in [9.17, 15) is 4.79 Å². The number of carbonyl (C=O) groups is 1. The van der Waals surface area contributed by atoms with Crippen molar-refractivity contribution in [2.75, 3.05) is 45.1 Å². The van der Waals surface area contributed by atoms with Gasteiger partial charge in [0.05, 0.1) is 12.0 Å². The first-order valence-corrected chi connectivity index (χ1v) is 14.0. The van der Waals surface area contributed by atoms with Gasteiger partial charge in [-0.2, -0.15) is 0 Å². The molecule has 40 heavy (non-hydrogen) atoms.